The van der Waals surface area contributed by atoms with Gasteiger partial charge in [-0.2, -0.15) is 0 Å². The van der Waals surface area contributed by atoms with Gasteiger partial charge in [0.25, 0.3) is 0 Å². The summed E-state index contributed by atoms with van der Waals surface area (Å²) in [5, 5.41) is 3.28. The Bertz CT molecular complexity index is 343. The molecule has 2 rings (SSSR count). The second-order valence-corrected chi connectivity index (χ2v) is 4.86. The van der Waals surface area contributed by atoms with E-state index in [4.69, 9.17) is 4.42 Å². The summed E-state index contributed by atoms with van der Waals surface area (Å²) in [5.74, 6) is 2.13. The van der Waals surface area contributed by atoms with E-state index in [9.17, 15) is 0 Å². The van der Waals surface area contributed by atoms with Gasteiger partial charge in [-0.05, 0) is 25.2 Å². The molecule has 2 heterocycles. The fourth-order valence-electron chi connectivity index (χ4n) is 2.33. The minimum absolute atomic E-state index is 0.833. The molecule has 4 heteroatoms. The molecule has 0 aromatic carbocycles. The van der Waals surface area contributed by atoms with Crippen molar-refractivity contribution < 1.29 is 4.42 Å². The molecule has 0 bridgehead atoms. The van der Waals surface area contributed by atoms with Gasteiger partial charge in [-0.15, -0.1) is 0 Å². The molecule has 1 aliphatic heterocycles. The smallest absolute Gasteiger partial charge is 0.118 e. The third-order valence-corrected chi connectivity index (χ3v) is 3.56. The monoisotopic (exact) mass is 251 g/mol. The van der Waals surface area contributed by atoms with Crippen LogP contribution in [-0.2, 0) is 13.1 Å². The van der Waals surface area contributed by atoms with Crippen LogP contribution in [0.3, 0.4) is 0 Å². The van der Waals surface area contributed by atoms with E-state index in [1.54, 1.807) is 0 Å². The minimum Gasteiger partial charge on any atom is -0.463 e. The number of nitrogens with one attached hydrogen (secondary N) is 1. The van der Waals surface area contributed by atoms with Crippen molar-refractivity contribution in [3.05, 3.63) is 23.7 Å². The molecular formula is C14H25N3O. The molecule has 1 aromatic heterocycles. The van der Waals surface area contributed by atoms with E-state index >= 15 is 0 Å². The summed E-state index contributed by atoms with van der Waals surface area (Å²) in [6.07, 6.45) is 0. The maximum Gasteiger partial charge on any atom is 0.118 e. The molecule has 0 atom stereocenters. The number of likely N-dealkylation sites (N-methyl/N-ethyl adjacent to an activating group) is 1. The molecule has 0 amide bonds. The summed E-state index contributed by atoms with van der Waals surface area (Å²) < 4.78 is 5.82. The molecule has 1 fully saturated rings. The Kier molecular flexibility index (Phi) is 5.23. The maximum atomic E-state index is 5.82. The van der Waals surface area contributed by atoms with Crippen LogP contribution < -0.4 is 5.32 Å². The summed E-state index contributed by atoms with van der Waals surface area (Å²) >= 11 is 0. The van der Waals surface area contributed by atoms with Gasteiger partial charge in [-0.3, -0.25) is 4.90 Å². The largest absolute Gasteiger partial charge is 0.463 e. The lowest BCUT2D eigenvalue weighted by Gasteiger charge is -2.33. The highest BCUT2D eigenvalue weighted by Crippen LogP contribution is 2.12. The second-order valence-electron chi connectivity index (χ2n) is 4.86. The average Bonchev–Trinajstić information content (AvgIpc) is 2.85. The molecular weight excluding hydrogens is 226 g/mol. The fourth-order valence-corrected chi connectivity index (χ4v) is 2.33. The van der Waals surface area contributed by atoms with Crippen LogP contribution in [0.2, 0.25) is 0 Å². The maximum absolute atomic E-state index is 5.82. The number of piperazine rings is 1. The van der Waals surface area contributed by atoms with Crippen molar-refractivity contribution in [1.29, 1.82) is 0 Å². The van der Waals surface area contributed by atoms with Crippen molar-refractivity contribution in [3.63, 3.8) is 0 Å². The second kappa shape index (κ2) is 6.92. The Labute approximate surface area is 110 Å². The van der Waals surface area contributed by atoms with E-state index in [-0.39, 0.29) is 0 Å². The van der Waals surface area contributed by atoms with Gasteiger partial charge >= 0.3 is 0 Å². The van der Waals surface area contributed by atoms with Gasteiger partial charge in [0.2, 0.25) is 0 Å². The lowest BCUT2D eigenvalue weighted by molar-refractivity contribution is 0.125. The Hall–Kier alpha value is -0.840. The first-order chi connectivity index (χ1) is 8.81. The average molecular weight is 251 g/mol. The molecule has 0 saturated carbocycles. The zero-order valence-corrected chi connectivity index (χ0v) is 11.6. The molecule has 0 spiro atoms. The Morgan fingerprint density at radius 3 is 2.39 bits per heavy atom. The molecule has 1 aromatic rings. The highest BCUT2D eigenvalue weighted by atomic mass is 16.3. The van der Waals surface area contributed by atoms with Crippen LogP contribution >= 0.6 is 0 Å². The van der Waals surface area contributed by atoms with Crippen LogP contribution in [0.1, 0.15) is 25.4 Å². The van der Waals surface area contributed by atoms with Crippen LogP contribution in [0, 0.1) is 0 Å². The van der Waals surface area contributed by atoms with Gasteiger partial charge in [-0.1, -0.05) is 13.8 Å². The van der Waals surface area contributed by atoms with Crippen LogP contribution in [0.25, 0.3) is 0 Å². The lowest BCUT2D eigenvalue weighted by Crippen LogP contribution is -2.45. The van der Waals surface area contributed by atoms with Crippen LogP contribution in [0.4, 0.5) is 0 Å². The highest BCUT2D eigenvalue weighted by Gasteiger charge is 2.16. The molecule has 102 valence electrons. The predicted octanol–water partition coefficient (Wildman–Crippen LogP) is 1.53. The first-order valence-corrected chi connectivity index (χ1v) is 7.04. The van der Waals surface area contributed by atoms with Crippen LogP contribution in [0.15, 0.2) is 16.5 Å². The summed E-state index contributed by atoms with van der Waals surface area (Å²) in [6.45, 7) is 12.9. The van der Waals surface area contributed by atoms with E-state index in [1.165, 1.54) is 19.6 Å². The third-order valence-electron chi connectivity index (χ3n) is 3.56. The van der Waals surface area contributed by atoms with Crippen LogP contribution in [-0.4, -0.2) is 49.1 Å². The van der Waals surface area contributed by atoms with Gasteiger partial charge in [0.05, 0.1) is 13.1 Å². The van der Waals surface area contributed by atoms with Gasteiger partial charge in [0.15, 0.2) is 0 Å². The first kappa shape index (κ1) is 13.6. The van der Waals surface area contributed by atoms with E-state index in [0.717, 1.165) is 44.2 Å². The Morgan fingerprint density at radius 1 is 1.06 bits per heavy atom. The number of nitrogens with zero attached hydrogens (tertiary/aromatic N) is 2. The number of hydrogen-bond donors (Lipinski definition) is 1. The molecule has 1 saturated heterocycles. The zero-order chi connectivity index (χ0) is 12.8. The molecule has 1 N–H and O–H groups in total. The topological polar surface area (TPSA) is 31.6 Å². The molecule has 1 aliphatic rings. The summed E-state index contributed by atoms with van der Waals surface area (Å²) in [4.78, 5) is 4.97. The van der Waals surface area contributed by atoms with Gasteiger partial charge in [0.1, 0.15) is 11.5 Å². The summed E-state index contributed by atoms with van der Waals surface area (Å²) in [5.41, 5.74) is 0. The van der Waals surface area contributed by atoms with E-state index in [1.807, 2.05) is 0 Å². The molecule has 4 nitrogen and oxygen atoms in total. The van der Waals surface area contributed by atoms with Crippen molar-refractivity contribution in [1.82, 2.24) is 15.1 Å². The standard InChI is InChI=1S/C14H25N3O/c1-3-15-11-13-5-6-14(18-13)12-17-9-7-16(4-2)8-10-17/h5-6,15H,3-4,7-12H2,1-2H3. The first-order valence-electron chi connectivity index (χ1n) is 7.04. The molecule has 0 radical (unpaired) electrons. The number of hydrogen-bond acceptors (Lipinski definition) is 4. The van der Waals surface area contributed by atoms with Crippen molar-refractivity contribution in [3.8, 4) is 0 Å². The molecule has 0 aliphatic carbocycles. The Balaban J connectivity index is 1.77. The van der Waals surface area contributed by atoms with E-state index < -0.39 is 0 Å². The normalized spacial score (nSPS) is 18.3. The van der Waals surface area contributed by atoms with Crippen molar-refractivity contribution in [2.24, 2.45) is 0 Å². The summed E-state index contributed by atoms with van der Waals surface area (Å²) in [7, 11) is 0. The minimum atomic E-state index is 0.833. The van der Waals surface area contributed by atoms with Crippen molar-refractivity contribution >= 4 is 0 Å². The van der Waals surface area contributed by atoms with Gasteiger partial charge in [-0.25, -0.2) is 0 Å². The lowest BCUT2D eigenvalue weighted by atomic mass is 10.3. The number of rotatable bonds is 6. The molecule has 18 heavy (non-hydrogen) atoms. The quantitative estimate of drug-likeness (QED) is 0.831. The highest BCUT2D eigenvalue weighted by molar-refractivity contribution is 5.07. The van der Waals surface area contributed by atoms with E-state index in [0.29, 0.717) is 0 Å². The SMILES string of the molecule is CCNCc1ccc(CN2CCN(CC)CC2)o1. The molecule has 0 unspecified atom stereocenters. The fraction of sp³-hybridized carbons (Fsp3) is 0.714. The van der Waals surface area contributed by atoms with E-state index in [2.05, 4.69) is 41.1 Å². The third kappa shape index (κ3) is 3.83. The van der Waals surface area contributed by atoms with Gasteiger partial charge < -0.3 is 14.6 Å². The van der Waals surface area contributed by atoms with Crippen LogP contribution in [0.5, 0.6) is 0 Å². The van der Waals surface area contributed by atoms with Crippen molar-refractivity contribution in [2.75, 3.05) is 39.3 Å². The van der Waals surface area contributed by atoms with Crippen molar-refractivity contribution in [2.45, 2.75) is 26.9 Å². The predicted molar refractivity (Wildman–Crippen MR) is 73.5 cm³/mol. The zero-order valence-electron chi connectivity index (χ0n) is 11.6. The Morgan fingerprint density at radius 2 is 1.72 bits per heavy atom. The summed E-state index contributed by atoms with van der Waals surface area (Å²) in [6, 6.07) is 4.19. The number of furan rings is 1. The van der Waals surface area contributed by atoms with Gasteiger partial charge in [0, 0.05) is 26.2 Å².